The molecular formula is C23H30N4O2. The lowest BCUT2D eigenvalue weighted by molar-refractivity contribution is 0.208. The predicted molar refractivity (Wildman–Crippen MR) is 118 cm³/mol. The van der Waals surface area contributed by atoms with Crippen LogP contribution in [0.3, 0.4) is 0 Å². The van der Waals surface area contributed by atoms with Gasteiger partial charge in [-0.1, -0.05) is 12.1 Å². The molecule has 2 aromatic rings. The fourth-order valence-electron chi connectivity index (χ4n) is 4.14. The lowest BCUT2D eigenvalue weighted by Crippen LogP contribution is -2.50. The Morgan fingerprint density at radius 3 is 2.21 bits per heavy atom. The Bertz CT molecular complexity index is 810. The first-order chi connectivity index (χ1) is 14.2. The van der Waals surface area contributed by atoms with Crippen LogP contribution >= 0.6 is 0 Å². The fraction of sp³-hybridized carbons (Fsp3) is 0.435. The molecule has 154 valence electrons. The Morgan fingerprint density at radius 1 is 0.828 bits per heavy atom. The lowest BCUT2D eigenvalue weighted by Gasteiger charge is -2.36. The van der Waals surface area contributed by atoms with Crippen LogP contribution in [0, 0.1) is 0 Å². The van der Waals surface area contributed by atoms with Gasteiger partial charge in [0.05, 0.1) is 18.5 Å². The van der Waals surface area contributed by atoms with Crippen molar-refractivity contribution in [2.45, 2.75) is 19.3 Å². The Labute approximate surface area is 173 Å². The zero-order chi connectivity index (χ0) is 20.1. The number of methoxy groups -OCH3 is 1. The van der Waals surface area contributed by atoms with E-state index in [1.165, 1.54) is 24.9 Å². The highest BCUT2D eigenvalue weighted by Gasteiger charge is 2.23. The Kier molecular flexibility index (Phi) is 6.08. The van der Waals surface area contributed by atoms with E-state index in [1.807, 2.05) is 35.2 Å². The average Bonchev–Trinajstić information content (AvgIpc) is 2.80. The van der Waals surface area contributed by atoms with E-state index in [1.54, 1.807) is 7.11 Å². The summed E-state index contributed by atoms with van der Waals surface area (Å²) in [6, 6.07) is 16.3. The van der Waals surface area contributed by atoms with Crippen molar-refractivity contribution >= 4 is 23.1 Å². The number of anilines is 3. The maximum Gasteiger partial charge on any atom is 0.322 e. The van der Waals surface area contributed by atoms with E-state index >= 15 is 0 Å². The summed E-state index contributed by atoms with van der Waals surface area (Å²) >= 11 is 0. The lowest BCUT2D eigenvalue weighted by atomic mass is 10.1. The highest BCUT2D eigenvalue weighted by molar-refractivity contribution is 5.93. The average molecular weight is 395 g/mol. The minimum Gasteiger partial charge on any atom is -0.497 e. The van der Waals surface area contributed by atoms with Gasteiger partial charge in [0.15, 0.2) is 0 Å². The van der Waals surface area contributed by atoms with E-state index in [-0.39, 0.29) is 6.03 Å². The van der Waals surface area contributed by atoms with E-state index in [0.717, 1.165) is 43.3 Å². The van der Waals surface area contributed by atoms with Gasteiger partial charge in [0.2, 0.25) is 0 Å². The number of ether oxygens (including phenoxy) is 1. The Morgan fingerprint density at radius 2 is 1.52 bits per heavy atom. The van der Waals surface area contributed by atoms with Gasteiger partial charge in [-0.2, -0.15) is 0 Å². The number of carbonyl (C=O) groups excluding carboxylic acids is 1. The zero-order valence-corrected chi connectivity index (χ0v) is 17.1. The second kappa shape index (κ2) is 9.07. The first-order valence-corrected chi connectivity index (χ1v) is 10.5. The summed E-state index contributed by atoms with van der Waals surface area (Å²) in [5, 5.41) is 3.16. The summed E-state index contributed by atoms with van der Waals surface area (Å²) in [6.45, 7) is 5.20. The third-order valence-electron chi connectivity index (χ3n) is 5.85. The number of para-hydroxylation sites is 2. The molecule has 0 unspecified atom stereocenters. The van der Waals surface area contributed by atoms with Gasteiger partial charge < -0.3 is 24.8 Å². The number of hydrogen-bond donors (Lipinski definition) is 1. The molecule has 2 aliphatic rings. The van der Waals surface area contributed by atoms with E-state index in [9.17, 15) is 4.79 Å². The van der Waals surface area contributed by atoms with Gasteiger partial charge in [0.25, 0.3) is 0 Å². The summed E-state index contributed by atoms with van der Waals surface area (Å²) < 4.78 is 5.23. The second-order valence-corrected chi connectivity index (χ2v) is 7.67. The second-order valence-electron chi connectivity index (χ2n) is 7.67. The number of nitrogens with one attached hydrogen (secondary N) is 1. The number of urea groups is 1. The summed E-state index contributed by atoms with van der Waals surface area (Å²) in [6.07, 6.45) is 3.73. The number of hydrogen-bond acceptors (Lipinski definition) is 4. The molecule has 29 heavy (non-hydrogen) atoms. The van der Waals surface area contributed by atoms with Crippen LogP contribution in [0.2, 0.25) is 0 Å². The number of rotatable bonds is 4. The van der Waals surface area contributed by atoms with Crippen LogP contribution in [-0.4, -0.2) is 57.3 Å². The number of nitrogens with zero attached hydrogens (tertiary/aromatic N) is 3. The molecule has 2 fully saturated rings. The van der Waals surface area contributed by atoms with E-state index in [4.69, 9.17) is 4.74 Å². The molecule has 6 nitrogen and oxygen atoms in total. The van der Waals surface area contributed by atoms with Crippen molar-refractivity contribution in [2.75, 3.05) is 61.5 Å². The van der Waals surface area contributed by atoms with Crippen LogP contribution in [0.4, 0.5) is 21.9 Å². The summed E-state index contributed by atoms with van der Waals surface area (Å²) in [4.78, 5) is 19.5. The van der Waals surface area contributed by atoms with E-state index in [2.05, 4.69) is 33.3 Å². The van der Waals surface area contributed by atoms with Crippen molar-refractivity contribution in [3.05, 3.63) is 48.5 Å². The summed E-state index contributed by atoms with van der Waals surface area (Å²) in [7, 11) is 1.68. The van der Waals surface area contributed by atoms with Crippen molar-refractivity contribution in [1.29, 1.82) is 0 Å². The highest BCUT2D eigenvalue weighted by atomic mass is 16.5. The number of carbonyl (C=O) groups is 1. The molecule has 2 saturated heterocycles. The van der Waals surface area contributed by atoms with Crippen molar-refractivity contribution in [3.63, 3.8) is 0 Å². The molecule has 0 saturated carbocycles. The molecule has 0 aliphatic carbocycles. The van der Waals surface area contributed by atoms with Crippen LogP contribution in [-0.2, 0) is 0 Å². The SMILES string of the molecule is COc1ccc(N2CCN(C(=O)Nc3ccccc3N3CCCCC3)CC2)cc1. The van der Waals surface area contributed by atoms with Crippen LogP contribution in [0.5, 0.6) is 5.75 Å². The number of piperazine rings is 1. The van der Waals surface area contributed by atoms with Crippen molar-refractivity contribution in [3.8, 4) is 5.75 Å². The minimum atomic E-state index is -0.0103. The molecule has 0 aromatic heterocycles. The van der Waals surface area contributed by atoms with Gasteiger partial charge in [0, 0.05) is 45.0 Å². The molecule has 2 aromatic carbocycles. The van der Waals surface area contributed by atoms with E-state index < -0.39 is 0 Å². The van der Waals surface area contributed by atoms with Gasteiger partial charge in [-0.15, -0.1) is 0 Å². The molecule has 2 heterocycles. The quantitative estimate of drug-likeness (QED) is 0.850. The first-order valence-electron chi connectivity index (χ1n) is 10.5. The number of benzene rings is 2. The molecule has 2 amide bonds. The smallest absolute Gasteiger partial charge is 0.322 e. The first kappa shape index (κ1) is 19.4. The van der Waals surface area contributed by atoms with Crippen LogP contribution in [0.1, 0.15) is 19.3 Å². The standard InChI is InChI=1S/C23H30N4O2/c1-29-20-11-9-19(10-12-20)25-15-17-27(18-16-25)23(28)24-21-7-3-4-8-22(21)26-13-5-2-6-14-26/h3-4,7-12H,2,5-6,13-18H2,1H3,(H,24,28). The maximum atomic E-state index is 12.9. The monoisotopic (exact) mass is 394 g/mol. The Hall–Kier alpha value is -2.89. The summed E-state index contributed by atoms with van der Waals surface area (Å²) in [5.41, 5.74) is 3.22. The van der Waals surface area contributed by atoms with Crippen molar-refractivity contribution < 1.29 is 9.53 Å². The third kappa shape index (κ3) is 4.58. The maximum absolute atomic E-state index is 12.9. The van der Waals surface area contributed by atoms with Gasteiger partial charge in [-0.25, -0.2) is 4.79 Å². The molecule has 0 bridgehead atoms. The molecule has 0 radical (unpaired) electrons. The third-order valence-corrected chi connectivity index (χ3v) is 5.85. The molecule has 6 heteroatoms. The van der Waals surface area contributed by atoms with Crippen LogP contribution in [0.15, 0.2) is 48.5 Å². The summed E-state index contributed by atoms with van der Waals surface area (Å²) in [5.74, 6) is 0.860. The molecule has 0 spiro atoms. The van der Waals surface area contributed by atoms with Gasteiger partial charge in [-0.3, -0.25) is 0 Å². The predicted octanol–water partition coefficient (Wildman–Crippen LogP) is 4.04. The number of amides is 2. The fourth-order valence-corrected chi connectivity index (χ4v) is 4.14. The highest BCUT2D eigenvalue weighted by Crippen LogP contribution is 2.28. The van der Waals surface area contributed by atoms with Gasteiger partial charge >= 0.3 is 6.03 Å². The van der Waals surface area contributed by atoms with E-state index in [0.29, 0.717) is 13.1 Å². The van der Waals surface area contributed by atoms with Gasteiger partial charge in [-0.05, 0) is 55.7 Å². The van der Waals surface area contributed by atoms with Gasteiger partial charge in [0.1, 0.15) is 5.75 Å². The Balaban J connectivity index is 1.35. The number of piperidine rings is 1. The zero-order valence-electron chi connectivity index (χ0n) is 17.1. The molecule has 4 rings (SSSR count). The minimum absolute atomic E-state index is 0.0103. The molecule has 1 N–H and O–H groups in total. The van der Waals surface area contributed by atoms with Crippen molar-refractivity contribution in [2.24, 2.45) is 0 Å². The van der Waals surface area contributed by atoms with Crippen molar-refractivity contribution in [1.82, 2.24) is 4.90 Å². The van der Waals surface area contributed by atoms with Crippen LogP contribution in [0.25, 0.3) is 0 Å². The molecular weight excluding hydrogens is 364 g/mol. The largest absolute Gasteiger partial charge is 0.497 e. The topological polar surface area (TPSA) is 48.1 Å². The molecule has 0 atom stereocenters. The molecule has 2 aliphatic heterocycles. The van der Waals surface area contributed by atoms with Crippen LogP contribution < -0.4 is 19.9 Å². The normalized spacial score (nSPS) is 17.2.